The summed E-state index contributed by atoms with van der Waals surface area (Å²) < 4.78 is 8.38. The Bertz CT molecular complexity index is 877. The van der Waals surface area contributed by atoms with Gasteiger partial charge >= 0.3 is 0 Å². The first-order valence-corrected chi connectivity index (χ1v) is 8.61. The van der Waals surface area contributed by atoms with Gasteiger partial charge in [0.1, 0.15) is 24.3 Å². The summed E-state index contributed by atoms with van der Waals surface area (Å²) in [6.07, 6.45) is -0.734. The summed E-state index contributed by atoms with van der Waals surface area (Å²) in [5, 5.41) is 10.4. The first kappa shape index (κ1) is 17.4. The fourth-order valence-corrected chi connectivity index (χ4v) is 2.87. The van der Waals surface area contributed by atoms with Crippen molar-refractivity contribution in [2.24, 2.45) is 5.73 Å². The van der Waals surface area contributed by atoms with E-state index in [2.05, 4.69) is 20.9 Å². The van der Waals surface area contributed by atoms with E-state index in [-0.39, 0.29) is 19.6 Å². The Morgan fingerprint density at radius 2 is 1.96 bits per heavy atom. The van der Waals surface area contributed by atoms with E-state index in [1.165, 1.54) is 0 Å². The quantitative estimate of drug-likeness (QED) is 0.632. The van der Waals surface area contributed by atoms with Crippen molar-refractivity contribution in [1.82, 2.24) is 9.55 Å². The molecule has 0 saturated carbocycles. The lowest BCUT2D eigenvalue weighted by Gasteiger charge is -2.15. The fourth-order valence-electron chi connectivity index (χ4n) is 2.61. The molecule has 0 aliphatic rings. The van der Waals surface area contributed by atoms with Crippen LogP contribution in [0.5, 0.6) is 5.75 Å². The number of halogens is 1. The molecule has 3 aromatic rings. The van der Waals surface area contributed by atoms with Crippen LogP contribution in [0.25, 0.3) is 11.0 Å². The lowest BCUT2D eigenvalue weighted by Crippen LogP contribution is -2.26. The number of aliphatic hydroxyl groups excluding tert-OH is 1. The van der Waals surface area contributed by atoms with Crippen LogP contribution in [0, 0.1) is 0 Å². The lowest BCUT2D eigenvalue weighted by molar-refractivity contribution is -0.117. The van der Waals surface area contributed by atoms with Crippen molar-refractivity contribution >= 4 is 32.9 Å². The van der Waals surface area contributed by atoms with Gasteiger partial charge in [0.15, 0.2) is 0 Å². The molecular weight excluding hydrogens is 386 g/mol. The highest BCUT2D eigenvalue weighted by Crippen LogP contribution is 2.19. The van der Waals surface area contributed by atoms with E-state index < -0.39 is 12.0 Å². The maximum absolute atomic E-state index is 11.3. The highest BCUT2D eigenvalue weighted by Gasteiger charge is 2.16. The topological polar surface area (TPSA) is 90.4 Å². The number of hydrogen-bond donors (Lipinski definition) is 2. The molecule has 130 valence electrons. The third-order valence-corrected chi connectivity index (χ3v) is 4.24. The van der Waals surface area contributed by atoms with Gasteiger partial charge in [0.05, 0.1) is 24.0 Å². The number of hydrogen-bond acceptors (Lipinski definition) is 4. The SMILES string of the molecule is NC(=O)Cc1nc2ccccc2n1C[C@H](O)COc1ccc(Br)cc1. The largest absolute Gasteiger partial charge is 0.491 e. The van der Waals surface area contributed by atoms with Crippen LogP contribution in [-0.4, -0.2) is 33.3 Å². The number of carbonyl (C=O) groups excluding carboxylic acids is 1. The third-order valence-electron chi connectivity index (χ3n) is 3.72. The minimum Gasteiger partial charge on any atom is -0.491 e. The molecule has 0 aliphatic heterocycles. The van der Waals surface area contributed by atoms with Crippen LogP contribution in [0.3, 0.4) is 0 Å². The molecule has 6 nitrogen and oxygen atoms in total. The molecule has 0 spiro atoms. The van der Waals surface area contributed by atoms with Gasteiger partial charge in [-0.3, -0.25) is 4.79 Å². The molecule has 7 heteroatoms. The van der Waals surface area contributed by atoms with E-state index >= 15 is 0 Å². The molecule has 0 aliphatic carbocycles. The molecule has 0 unspecified atom stereocenters. The predicted molar refractivity (Wildman–Crippen MR) is 98.3 cm³/mol. The van der Waals surface area contributed by atoms with Crippen LogP contribution in [0.2, 0.25) is 0 Å². The third kappa shape index (κ3) is 4.37. The first-order chi connectivity index (χ1) is 12.0. The molecule has 1 atom stereocenters. The Hall–Kier alpha value is -2.38. The van der Waals surface area contributed by atoms with E-state index in [1.807, 2.05) is 53.1 Å². The van der Waals surface area contributed by atoms with Gasteiger partial charge in [-0.1, -0.05) is 28.1 Å². The van der Waals surface area contributed by atoms with Crippen molar-refractivity contribution in [2.45, 2.75) is 19.1 Å². The van der Waals surface area contributed by atoms with Crippen molar-refractivity contribution in [2.75, 3.05) is 6.61 Å². The summed E-state index contributed by atoms with van der Waals surface area (Å²) in [7, 11) is 0. The minimum absolute atomic E-state index is 0.0228. The normalized spacial score (nSPS) is 12.2. The molecule has 3 N–H and O–H groups in total. The monoisotopic (exact) mass is 403 g/mol. The molecule has 1 heterocycles. The van der Waals surface area contributed by atoms with Gasteiger partial charge in [0.25, 0.3) is 0 Å². The van der Waals surface area contributed by atoms with E-state index in [1.54, 1.807) is 0 Å². The van der Waals surface area contributed by atoms with Gasteiger partial charge in [-0.15, -0.1) is 0 Å². The predicted octanol–water partition coefficient (Wildman–Crippen LogP) is 2.27. The molecule has 3 rings (SSSR count). The van der Waals surface area contributed by atoms with Crippen molar-refractivity contribution in [3.05, 3.63) is 58.8 Å². The Morgan fingerprint density at radius 1 is 1.24 bits per heavy atom. The standard InChI is InChI=1S/C18H18BrN3O3/c19-12-5-7-14(8-6-12)25-11-13(23)10-22-16-4-2-1-3-15(16)21-18(22)9-17(20)24/h1-8,13,23H,9-11H2,(H2,20,24)/t13-/m0/s1. The van der Waals surface area contributed by atoms with Gasteiger partial charge in [-0.2, -0.15) is 0 Å². The second-order valence-electron chi connectivity index (χ2n) is 5.69. The number of imidazole rings is 1. The first-order valence-electron chi connectivity index (χ1n) is 7.82. The number of ether oxygens (including phenoxy) is 1. The average Bonchev–Trinajstić information content (AvgIpc) is 2.91. The van der Waals surface area contributed by atoms with Crippen molar-refractivity contribution in [3.8, 4) is 5.75 Å². The molecule has 25 heavy (non-hydrogen) atoms. The lowest BCUT2D eigenvalue weighted by atomic mass is 10.3. The zero-order valence-corrected chi connectivity index (χ0v) is 15.0. The van der Waals surface area contributed by atoms with Gasteiger partial charge in [0.2, 0.25) is 5.91 Å². The molecule has 0 fully saturated rings. The molecule has 1 amide bonds. The minimum atomic E-state index is -0.757. The van der Waals surface area contributed by atoms with Crippen LogP contribution in [0.4, 0.5) is 0 Å². The van der Waals surface area contributed by atoms with Crippen LogP contribution in [0.15, 0.2) is 53.0 Å². The highest BCUT2D eigenvalue weighted by molar-refractivity contribution is 9.10. The van der Waals surface area contributed by atoms with E-state index in [0.717, 1.165) is 15.5 Å². The smallest absolute Gasteiger partial charge is 0.225 e. The maximum Gasteiger partial charge on any atom is 0.225 e. The van der Waals surface area contributed by atoms with Crippen LogP contribution < -0.4 is 10.5 Å². The Morgan fingerprint density at radius 3 is 2.68 bits per heavy atom. The zero-order valence-electron chi connectivity index (χ0n) is 13.4. The number of fused-ring (bicyclic) bond motifs is 1. The van der Waals surface area contributed by atoms with Crippen molar-refractivity contribution < 1.29 is 14.6 Å². The number of nitrogens with two attached hydrogens (primary N) is 1. The number of rotatable bonds is 7. The van der Waals surface area contributed by atoms with E-state index in [9.17, 15) is 9.90 Å². The Kier molecular flexibility index (Phi) is 5.35. The zero-order chi connectivity index (χ0) is 17.8. The summed E-state index contributed by atoms with van der Waals surface area (Å²) in [6.45, 7) is 0.393. The van der Waals surface area contributed by atoms with Crippen molar-refractivity contribution in [1.29, 1.82) is 0 Å². The molecule has 2 aromatic carbocycles. The number of primary amides is 1. The summed E-state index contributed by atoms with van der Waals surface area (Å²) in [5.74, 6) is 0.753. The maximum atomic E-state index is 11.3. The number of nitrogens with zero attached hydrogens (tertiary/aromatic N) is 2. The summed E-state index contributed by atoms with van der Waals surface area (Å²) in [6, 6.07) is 14.9. The van der Waals surface area contributed by atoms with E-state index in [0.29, 0.717) is 11.6 Å². The van der Waals surface area contributed by atoms with Crippen LogP contribution >= 0.6 is 15.9 Å². The second kappa shape index (κ2) is 7.67. The number of carbonyl (C=O) groups is 1. The summed E-state index contributed by atoms with van der Waals surface area (Å²) >= 11 is 3.36. The van der Waals surface area contributed by atoms with E-state index in [4.69, 9.17) is 10.5 Å². The van der Waals surface area contributed by atoms with Gasteiger partial charge in [0, 0.05) is 4.47 Å². The van der Waals surface area contributed by atoms with Gasteiger partial charge in [-0.25, -0.2) is 4.98 Å². The number of aromatic nitrogens is 2. The fraction of sp³-hybridized carbons (Fsp3) is 0.222. The Balaban J connectivity index is 1.74. The molecule has 0 bridgehead atoms. The number of para-hydroxylation sites is 2. The van der Waals surface area contributed by atoms with Crippen LogP contribution in [-0.2, 0) is 17.8 Å². The summed E-state index contributed by atoms with van der Waals surface area (Å²) in [4.78, 5) is 15.7. The Labute approximate surface area is 153 Å². The van der Waals surface area contributed by atoms with Gasteiger partial charge < -0.3 is 20.1 Å². The average molecular weight is 404 g/mol. The molecule has 0 saturated heterocycles. The number of aliphatic hydroxyl groups is 1. The number of benzene rings is 2. The molecule has 1 aromatic heterocycles. The molecular formula is C18H18BrN3O3. The summed E-state index contributed by atoms with van der Waals surface area (Å²) in [5.41, 5.74) is 6.92. The van der Waals surface area contributed by atoms with Crippen LogP contribution in [0.1, 0.15) is 5.82 Å². The van der Waals surface area contributed by atoms with Gasteiger partial charge in [-0.05, 0) is 36.4 Å². The molecule has 0 radical (unpaired) electrons. The number of amides is 1. The highest BCUT2D eigenvalue weighted by atomic mass is 79.9. The second-order valence-corrected chi connectivity index (χ2v) is 6.60. The van der Waals surface area contributed by atoms with Crippen molar-refractivity contribution in [3.63, 3.8) is 0 Å².